The van der Waals surface area contributed by atoms with Crippen molar-refractivity contribution >= 4 is 0 Å². The molecule has 0 aromatic carbocycles. The second-order valence-electron chi connectivity index (χ2n) is 4.88. The number of nitrogens with two attached hydrogens (primary N) is 2. The quantitative estimate of drug-likeness (QED) is 0.126. The molecule has 0 spiro atoms. The van der Waals surface area contributed by atoms with Crippen LogP contribution in [0.3, 0.4) is 0 Å². The Morgan fingerprint density at radius 2 is 0.720 bits per heavy atom. The highest BCUT2D eigenvalue weighted by Crippen LogP contribution is 1.80. The lowest BCUT2D eigenvalue weighted by molar-refractivity contribution is -0.0571. The third-order valence-electron chi connectivity index (χ3n) is 2.72. The van der Waals surface area contributed by atoms with E-state index in [2.05, 4.69) is 10.6 Å². The molecule has 0 bridgehead atoms. The van der Waals surface area contributed by atoms with Crippen molar-refractivity contribution in [2.24, 2.45) is 11.5 Å². The normalized spacial score (nSPS) is 11.3. The van der Waals surface area contributed by atoms with Crippen molar-refractivity contribution in [1.29, 1.82) is 0 Å². The smallest absolute Gasteiger partial charge is 0.146 e. The summed E-state index contributed by atoms with van der Waals surface area (Å²) in [5.74, 6) is 0. The van der Waals surface area contributed by atoms with E-state index in [9.17, 15) is 0 Å². The van der Waals surface area contributed by atoms with Crippen LogP contribution in [0.2, 0.25) is 0 Å². The lowest BCUT2D eigenvalue weighted by Gasteiger charge is -2.09. The Kier molecular flexibility index (Phi) is 23.2. The highest BCUT2D eigenvalue weighted by molar-refractivity contribution is 4.45. The third kappa shape index (κ3) is 23.6. The standard InChI is InChI=1S/C15H36N4O6/c16-1-7-20-13-22-9-3-18-5-11-24-15-25-12-6-19-4-10-23-14-21-8-2-17/h18-19H,1-17H2. The molecule has 0 fully saturated rings. The molecule has 0 aliphatic heterocycles. The summed E-state index contributed by atoms with van der Waals surface area (Å²) in [5.41, 5.74) is 10.6. The molecule has 0 aromatic heterocycles. The zero-order valence-electron chi connectivity index (χ0n) is 15.2. The summed E-state index contributed by atoms with van der Waals surface area (Å²) in [6.07, 6.45) is 0. The summed E-state index contributed by atoms with van der Waals surface area (Å²) in [6.45, 7) is 8.28. The van der Waals surface area contributed by atoms with Crippen molar-refractivity contribution < 1.29 is 28.4 Å². The molecule has 0 aromatic rings. The van der Waals surface area contributed by atoms with E-state index in [1.807, 2.05) is 0 Å². The minimum absolute atomic E-state index is 0.283. The molecular weight excluding hydrogens is 332 g/mol. The number of nitrogens with one attached hydrogen (secondary N) is 2. The summed E-state index contributed by atoms with van der Waals surface area (Å²) in [4.78, 5) is 0. The number of rotatable bonds is 22. The molecule has 25 heavy (non-hydrogen) atoms. The molecule has 6 N–H and O–H groups in total. The van der Waals surface area contributed by atoms with Crippen LogP contribution in [0.15, 0.2) is 0 Å². The molecule has 0 rings (SSSR count). The van der Waals surface area contributed by atoms with Gasteiger partial charge < -0.3 is 50.5 Å². The van der Waals surface area contributed by atoms with Crippen LogP contribution < -0.4 is 22.1 Å². The molecule has 0 heterocycles. The van der Waals surface area contributed by atoms with Crippen molar-refractivity contribution in [3.8, 4) is 0 Å². The van der Waals surface area contributed by atoms with Crippen LogP contribution >= 0.6 is 0 Å². The van der Waals surface area contributed by atoms with Gasteiger partial charge in [-0.25, -0.2) is 0 Å². The molecule has 0 saturated carbocycles. The summed E-state index contributed by atoms with van der Waals surface area (Å²) in [5, 5.41) is 6.38. The molecule has 0 amide bonds. The van der Waals surface area contributed by atoms with Gasteiger partial charge >= 0.3 is 0 Å². The van der Waals surface area contributed by atoms with E-state index >= 15 is 0 Å². The molecular formula is C15H36N4O6. The van der Waals surface area contributed by atoms with Gasteiger partial charge in [-0.3, -0.25) is 0 Å². The molecule has 10 nitrogen and oxygen atoms in total. The van der Waals surface area contributed by atoms with Crippen molar-refractivity contribution in [3.63, 3.8) is 0 Å². The fourth-order valence-corrected chi connectivity index (χ4v) is 1.52. The fraction of sp³-hybridized carbons (Fsp3) is 1.00. The van der Waals surface area contributed by atoms with Gasteiger partial charge in [-0.05, 0) is 0 Å². The highest BCUT2D eigenvalue weighted by Gasteiger charge is 1.93. The summed E-state index contributed by atoms with van der Waals surface area (Å²) in [7, 11) is 0. The Balaban J connectivity index is 2.94. The maximum absolute atomic E-state index is 5.33. The van der Waals surface area contributed by atoms with Crippen LogP contribution in [0.1, 0.15) is 0 Å². The zero-order chi connectivity index (χ0) is 18.3. The maximum atomic E-state index is 5.33. The molecule has 0 atom stereocenters. The van der Waals surface area contributed by atoms with Crippen molar-refractivity contribution in [2.75, 3.05) is 99.3 Å². The average Bonchev–Trinajstić information content (AvgIpc) is 2.63. The van der Waals surface area contributed by atoms with Gasteiger partial charge in [0.05, 0.1) is 39.6 Å². The van der Waals surface area contributed by atoms with E-state index in [0.717, 1.165) is 26.2 Å². The predicted octanol–water partition coefficient (Wildman–Crippen LogP) is -1.94. The van der Waals surface area contributed by atoms with Crippen LogP contribution in [-0.2, 0) is 28.4 Å². The van der Waals surface area contributed by atoms with Crippen LogP contribution in [0.25, 0.3) is 0 Å². The first kappa shape index (κ1) is 24.6. The zero-order valence-corrected chi connectivity index (χ0v) is 15.2. The molecule has 0 unspecified atom stereocenters. The predicted molar refractivity (Wildman–Crippen MR) is 94.2 cm³/mol. The SMILES string of the molecule is NCCOCOCCNCCOCOCCNCCOCOCCN. The minimum Gasteiger partial charge on any atom is -0.354 e. The van der Waals surface area contributed by atoms with Crippen molar-refractivity contribution in [2.45, 2.75) is 0 Å². The second-order valence-corrected chi connectivity index (χ2v) is 4.88. The Morgan fingerprint density at radius 1 is 0.440 bits per heavy atom. The van der Waals surface area contributed by atoms with E-state index in [-0.39, 0.29) is 20.4 Å². The molecule has 10 heteroatoms. The first-order valence-corrected chi connectivity index (χ1v) is 8.69. The first-order valence-electron chi connectivity index (χ1n) is 8.69. The topological polar surface area (TPSA) is 131 Å². The van der Waals surface area contributed by atoms with Gasteiger partial charge in [0.1, 0.15) is 20.4 Å². The Hall–Kier alpha value is -0.400. The summed E-state index contributed by atoms with van der Waals surface area (Å²) < 4.78 is 31.3. The number of ether oxygens (including phenoxy) is 6. The lowest BCUT2D eigenvalue weighted by atomic mass is 10.6. The maximum Gasteiger partial charge on any atom is 0.146 e. The number of hydrogen-bond acceptors (Lipinski definition) is 10. The van der Waals surface area contributed by atoms with Gasteiger partial charge in [0, 0.05) is 39.3 Å². The van der Waals surface area contributed by atoms with Crippen molar-refractivity contribution in [3.05, 3.63) is 0 Å². The van der Waals surface area contributed by atoms with Gasteiger partial charge in [0.25, 0.3) is 0 Å². The monoisotopic (exact) mass is 368 g/mol. The third-order valence-corrected chi connectivity index (χ3v) is 2.72. The van der Waals surface area contributed by atoms with E-state index < -0.39 is 0 Å². The van der Waals surface area contributed by atoms with Gasteiger partial charge in [0.2, 0.25) is 0 Å². The molecule has 0 radical (unpaired) electrons. The minimum atomic E-state index is 0.283. The van der Waals surface area contributed by atoms with E-state index in [1.54, 1.807) is 0 Å². The number of hydrogen-bond donors (Lipinski definition) is 4. The average molecular weight is 368 g/mol. The Bertz CT molecular complexity index is 220. The molecule has 0 saturated heterocycles. The van der Waals surface area contributed by atoms with Gasteiger partial charge in [0.15, 0.2) is 0 Å². The van der Waals surface area contributed by atoms with Crippen LogP contribution in [0.4, 0.5) is 0 Å². The van der Waals surface area contributed by atoms with E-state index in [4.69, 9.17) is 39.9 Å². The van der Waals surface area contributed by atoms with Gasteiger partial charge in [-0.15, -0.1) is 0 Å². The summed E-state index contributed by atoms with van der Waals surface area (Å²) in [6, 6.07) is 0. The van der Waals surface area contributed by atoms with Gasteiger partial charge in [-0.2, -0.15) is 0 Å². The molecule has 152 valence electrons. The summed E-state index contributed by atoms with van der Waals surface area (Å²) >= 11 is 0. The largest absolute Gasteiger partial charge is 0.354 e. The van der Waals surface area contributed by atoms with Crippen LogP contribution in [0.5, 0.6) is 0 Å². The van der Waals surface area contributed by atoms with E-state index in [0.29, 0.717) is 52.7 Å². The van der Waals surface area contributed by atoms with Crippen LogP contribution in [-0.4, -0.2) is 99.3 Å². The first-order chi connectivity index (χ1) is 12.4. The Labute approximate surface area is 150 Å². The van der Waals surface area contributed by atoms with E-state index in [1.165, 1.54) is 0 Å². The highest BCUT2D eigenvalue weighted by atomic mass is 16.7. The molecule has 0 aliphatic carbocycles. The van der Waals surface area contributed by atoms with Crippen LogP contribution in [0, 0.1) is 0 Å². The second kappa shape index (κ2) is 23.6. The van der Waals surface area contributed by atoms with Gasteiger partial charge in [-0.1, -0.05) is 0 Å². The fourth-order valence-electron chi connectivity index (χ4n) is 1.52. The lowest BCUT2D eigenvalue weighted by Crippen LogP contribution is -2.26. The van der Waals surface area contributed by atoms with Crippen molar-refractivity contribution in [1.82, 2.24) is 10.6 Å². The molecule has 0 aliphatic rings. The Morgan fingerprint density at radius 3 is 1.00 bits per heavy atom.